The number of carbonyl (C=O) groups excluding carboxylic acids is 2. The van der Waals surface area contributed by atoms with Gasteiger partial charge in [0, 0.05) is 5.56 Å². The number of hydrogen-bond acceptors (Lipinski definition) is 3. The Labute approximate surface area is 111 Å². The molecule has 0 fully saturated rings. The third kappa shape index (κ3) is 1.34. The van der Waals surface area contributed by atoms with Gasteiger partial charge < -0.3 is 4.74 Å². The molecule has 2 heterocycles. The molecule has 1 aromatic carbocycles. The van der Waals surface area contributed by atoms with Gasteiger partial charge in [0.05, 0.1) is 23.9 Å². The van der Waals surface area contributed by atoms with Gasteiger partial charge in [0.2, 0.25) is 0 Å². The van der Waals surface area contributed by atoms with Crippen molar-refractivity contribution < 1.29 is 14.3 Å². The van der Waals surface area contributed by atoms with E-state index in [0.717, 1.165) is 11.1 Å². The molecule has 98 valence electrons. The minimum absolute atomic E-state index is 0.394. The van der Waals surface area contributed by atoms with E-state index in [-0.39, 0.29) is 0 Å². The first-order valence-corrected chi connectivity index (χ1v) is 6.18. The SMILES string of the molecule is COc1ccc2c3c1C(=O)C(=O)N3C(C)(C)C=C2C. The predicted molar refractivity (Wildman–Crippen MR) is 72.5 cm³/mol. The Morgan fingerprint density at radius 2 is 1.89 bits per heavy atom. The number of methoxy groups -OCH3 is 1. The number of ketones is 1. The van der Waals surface area contributed by atoms with Crippen molar-refractivity contribution in [2.75, 3.05) is 12.0 Å². The molecule has 0 spiro atoms. The van der Waals surface area contributed by atoms with Crippen LogP contribution >= 0.6 is 0 Å². The highest BCUT2D eigenvalue weighted by Crippen LogP contribution is 2.47. The van der Waals surface area contributed by atoms with Gasteiger partial charge in [-0.25, -0.2) is 0 Å². The summed E-state index contributed by atoms with van der Waals surface area (Å²) >= 11 is 0. The van der Waals surface area contributed by atoms with Crippen molar-refractivity contribution >= 4 is 23.0 Å². The molecule has 0 aliphatic carbocycles. The summed E-state index contributed by atoms with van der Waals surface area (Å²) in [6, 6.07) is 3.65. The average molecular weight is 257 g/mol. The summed E-state index contributed by atoms with van der Waals surface area (Å²) in [6.07, 6.45) is 2.02. The molecule has 2 aliphatic heterocycles. The van der Waals surface area contributed by atoms with Gasteiger partial charge >= 0.3 is 0 Å². The number of amides is 1. The average Bonchev–Trinajstić information content (AvgIpc) is 2.60. The largest absolute Gasteiger partial charge is 0.496 e. The van der Waals surface area contributed by atoms with Crippen molar-refractivity contribution in [1.82, 2.24) is 0 Å². The molecule has 0 aromatic heterocycles. The Balaban J connectivity index is 2.41. The third-order valence-electron chi connectivity index (χ3n) is 3.78. The second-order valence-corrected chi connectivity index (χ2v) is 5.49. The number of Topliss-reactive ketones (excluding diaryl/α,β-unsaturated/α-hetero) is 1. The summed E-state index contributed by atoms with van der Waals surface area (Å²) in [5, 5.41) is 0. The Bertz CT molecular complexity index is 656. The van der Waals surface area contributed by atoms with E-state index in [1.807, 2.05) is 32.9 Å². The standard InChI is InChI=1S/C15H15NO3/c1-8-7-15(2,3)16-12-9(8)5-6-10(19-4)11(12)13(17)14(16)18/h5-7H,1-4H3. The number of nitrogens with zero attached hydrogens (tertiary/aromatic N) is 1. The van der Waals surface area contributed by atoms with Crippen LogP contribution in [0.1, 0.15) is 36.7 Å². The number of allylic oxidation sites excluding steroid dienone is 1. The zero-order valence-corrected chi connectivity index (χ0v) is 11.4. The number of anilines is 1. The topological polar surface area (TPSA) is 46.6 Å². The van der Waals surface area contributed by atoms with Gasteiger partial charge in [-0.3, -0.25) is 14.5 Å². The molecule has 0 saturated carbocycles. The normalized spacial score (nSPS) is 19.4. The molecule has 4 nitrogen and oxygen atoms in total. The quantitative estimate of drug-likeness (QED) is 0.726. The molecule has 2 aliphatic rings. The second-order valence-electron chi connectivity index (χ2n) is 5.49. The molecule has 0 bridgehead atoms. The smallest absolute Gasteiger partial charge is 0.300 e. The molecule has 0 atom stereocenters. The summed E-state index contributed by atoms with van der Waals surface area (Å²) < 4.78 is 5.23. The van der Waals surface area contributed by atoms with Crippen molar-refractivity contribution in [1.29, 1.82) is 0 Å². The summed E-state index contributed by atoms with van der Waals surface area (Å²) in [4.78, 5) is 26.1. The lowest BCUT2D eigenvalue weighted by atomic mass is 9.89. The third-order valence-corrected chi connectivity index (χ3v) is 3.78. The van der Waals surface area contributed by atoms with E-state index in [1.54, 1.807) is 11.0 Å². The molecular formula is C15H15NO3. The van der Waals surface area contributed by atoms with Crippen LogP contribution in [0.5, 0.6) is 5.75 Å². The number of hydrogen-bond donors (Lipinski definition) is 0. The molecule has 1 aromatic rings. The molecule has 19 heavy (non-hydrogen) atoms. The lowest BCUT2D eigenvalue weighted by molar-refractivity contribution is -0.115. The van der Waals surface area contributed by atoms with Gasteiger partial charge in [-0.1, -0.05) is 6.08 Å². The molecule has 0 radical (unpaired) electrons. The highest BCUT2D eigenvalue weighted by Gasteiger charge is 2.48. The van der Waals surface area contributed by atoms with Crippen LogP contribution in [-0.2, 0) is 4.79 Å². The zero-order chi connectivity index (χ0) is 13.9. The van der Waals surface area contributed by atoms with Crippen LogP contribution in [0, 0.1) is 0 Å². The predicted octanol–water partition coefficient (Wildman–Crippen LogP) is 2.42. The number of benzene rings is 1. The van der Waals surface area contributed by atoms with Gasteiger partial charge in [0.15, 0.2) is 0 Å². The number of carbonyl (C=O) groups is 2. The fourth-order valence-corrected chi connectivity index (χ4v) is 3.04. The van der Waals surface area contributed by atoms with E-state index in [0.29, 0.717) is 17.0 Å². The summed E-state index contributed by atoms with van der Waals surface area (Å²) in [5.74, 6) is -0.496. The maximum atomic E-state index is 12.3. The van der Waals surface area contributed by atoms with Gasteiger partial charge in [0.25, 0.3) is 11.7 Å². The fraction of sp³-hybridized carbons (Fsp3) is 0.333. The first-order chi connectivity index (χ1) is 8.88. The fourth-order valence-electron chi connectivity index (χ4n) is 3.04. The Morgan fingerprint density at radius 3 is 2.53 bits per heavy atom. The summed E-state index contributed by atoms with van der Waals surface area (Å²) in [5.41, 5.74) is 2.59. The number of ether oxygens (including phenoxy) is 1. The highest BCUT2D eigenvalue weighted by molar-refractivity contribution is 6.53. The van der Waals surface area contributed by atoms with Crippen LogP contribution in [0.15, 0.2) is 18.2 Å². The van der Waals surface area contributed by atoms with Gasteiger partial charge in [-0.15, -0.1) is 0 Å². The van der Waals surface area contributed by atoms with Crippen molar-refractivity contribution in [2.24, 2.45) is 0 Å². The van der Waals surface area contributed by atoms with Crippen molar-refractivity contribution in [3.63, 3.8) is 0 Å². The molecule has 0 saturated heterocycles. The zero-order valence-electron chi connectivity index (χ0n) is 11.4. The molecule has 4 heteroatoms. The van der Waals surface area contributed by atoms with E-state index in [2.05, 4.69) is 0 Å². The summed E-state index contributed by atoms with van der Waals surface area (Å²) in [6.45, 7) is 5.85. The van der Waals surface area contributed by atoms with Crippen molar-refractivity contribution in [2.45, 2.75) is 26.3 Å². The van der Waals surface area contributed by atoms with E-state index >= 15 is 0 Å². The lowest BCUT2D eigenvalue weighted by Crippen LogP contribution is -2.47. The van der Waals surface area contributed by atoms with E-state index in [1.165, 1.54) is 7.11 Å². The maximum absolute atomic E-state index is 12.3. The Kier molecular flexibility index (Phi) is 2.18. The molecule has 0 unspecified atom stereocenters. The van der Waals surface area contributed by atoms with Crippen molar-refractivity contribution in [3.8, 4) is 5.75 Å². The lowest BCUT2D eigenvalue weighted by Gasteiger charge is -2.38. The van der Waals surface area contributed by atoms with Crippen LogP contribution in [0.25, 0.3) is 5.57 Å². The van der Waals surface area contributed by atoms with Crippen LogP contribution in [0.4, 0.5) is 5.69 Å². The molecule has 3 rings (SSSR count). The first kappa shape index (κ1) is 12.0. The van der Waals surface area contributed by atoms with Crippen LogP contribution in [0.3, 0.4) is 0 Å². The second kappa shape index (κ2) is 3.47. The van der Waals surface area contributed by atoms with E-state index in [4.69, 9.17) is 4.74 Å². The minimum Gasteiger partial charge on any atom is -0.496 e. The van der Waals surface area contributed by atoms with Gasteiger partial charge in [-0.2, -0.15) is 0 Å². The van der Waals surface area contributed by atoms with Crippen LogP contribution in [0.2, 0.25) is 0 Å². The summed E-state index contributed by atoms with van der Waals surface area (Å²) in [7, 11) is 1.51. The Morgan fingerprint density at radius 1 is 1.21 bits per heavy atom. The minimum atomic E-state index is -0.499. The molecule has 0 N–H and O–H groups in total. The van der Waals surface area contributed by atoms with E-state index in [9.17, 15) is 9.59 Å². The van der Waals surface area contributed by atoms with E-state index < -0.39 is 17.2 Å². The highest BCUT2D eigenvalue weighted by atomic mass is 16.5. The monoisotopic (exact) mass is 257 g/mol. The van der Waals surface area contributed by atoms with Crippen LogP contribution in [-0.4, -0.2) is 24.3 Å². The van der Waals surface area contributed by atoms with Crippen molar-refractivity contribution in [3.05, 3.63) is 29.3 Å². The molecular weight excluding hydrogens is 242 g/mol. The number of rotatable bonds is 1. The van der Waals surface area contributed by atoms with Gasteiger partial charge in [-0.05, 0) is 38.5 Å². The first-order valence-electron chi connectivity index (χ1n) is 6.18. The van der Waals surface area contributed by atoms with Gasteiger partial charge in [0.1, 0.15) is 5.75 Å². The maximum Gasteiger partial charge on any atom is 0.300 e. The van der Waals surface area contributed by atoms with Crippen LogP contribution < -0.4 is 9.64 Å². The Hall–Kier alpha value is -2.10. The molecule has 1 amide bonds.